The van der Waals surface area contributed by atoms with Crippen molar-refractivity contribution in [3.63, 3.8) is 0 Å². The number of benzene rings is 4. The number of esters is 3. The van der Waals surface area contributed by atoms with Gasteiger partial charge in [-0.1, -0.05) is 127 Å². The lowest BCUT2D eigenvalue weighted by atomic mass is 9.97. The second-order valence-corrected chi connectivity index (χ2v) is 16.5. The van der Waals surface area contributed by atoms with Gasteiger partial charge in [-0.3, -0.25) is 14.4 Å². The second-order valence-electron chi connectivity index (χ2n) is 16.5. The van der Waals surface area contributed by atoms with Crippen molar-refractivity contribution in [3.8, 4) is 0 Å². The van der Waals surface area contributed by atoms with Crippen LogP contribution in [0.15, 0.2) is 134 Å². The first-order chi connectivity index (χ1) is 38.8. The SMILES string of the molecule is [2H]CC(=O)O[C@H]1[C@H](OC(=O)C[2H])COC(OCc2cnn(C(C)n3cc(COC4O[C@H](COC([2H])c5ccccc5)[C@@H](OC([2H])c5ccccc5)[C@H](OC([2H])c5ccccc5)[C@@H]4OC([2H])c4ccccc4)nn3)n2)[C@@H]1OC(=O)C[2H]. The van der Waals surface area contributed by atoms with E-state index in [9.17, 15) is 18.5 Å². The Hall–Kier alpha value is -6.75. The summed E-state index contributed by atoms with van der Waals surface area (Å²) in [7, 11) is 0. The van der Waals surface area contributed by atoms with Gasteiger partial charge in [0.15, 0.2) is 37.1 Å². The Morgan fingerprint density at radius 1 is 0.630 bits per heavy atom. The highest BCUT2D eigenvalue weighted by molar-refractivity contribution is 5.68. The fraction of sp³-hybridized carbons (Fsp3) is 0.415. The molecule has 2 fully saturated rings. The Bertz CT molecular complexity index is 2860. The number of hydrogen-bond acceptors (Lipinski definition) is 18. The van der Waals surface area contributed by atoms with Crippen LogP contribution in [0.3, 0.4) is 0 Å². The molecule has 0 saturated carbocycles. The van der Waals surface area contributed by atoms with E-state index in [0.29, 0.717) is 27.9 Å². The maximum Gasteiger partial charge on any atom is 0.303 e. The van der Waals surface area contributed by atoms with Crippen LogP contribution in [-0.2, 0) is 106 Å². The lowest BCUT2D eigenvalue weighted by Crippen LogP contribution is -2.61. The van der Waals surface area contributed by atoms with Crippen molar-refractivity contribution in [2.75, 3.05) is 13.2 Å². The molecule has 14 atom stereocenters. The molecule has 0 N–H and O–H groups in total. The van der Waals surface area contributed by atoms with Gasteiger partial charge in [0.25, 0.3) is 0 Å². The Balaban J connectivity index is 1.02. The van der Waals surface area contributed by atoms with Gasteiger partial charge in [0.05, 0.1) is 70.6 Å². The molecule has 2 aliphatic rings. The summed E-state index contributed by atoms with van der Waals surface area (Å²) in [6.07, 6.45) is -9.83. The van der Waals surface area contributed by atoms with E-state index in [1.165, 1.54) is 15.7 Å². The fourth-order valence-electron chi connectivity index (χ4n) is 7.73. The van der Waals surface area contributed by atoms with E-state index in [1.807, 2.05) is 24.3 Å². The number of aromatic nitrogens is 6. The molecule has 2 aliphatic heterocycles. The van der Waals surface area contributed by atoms with E-state index in [2.05, 4.69) is 20.5 Å². The molecule has 20 nitrogen and oxygen atoms in total. The van der Waals surface area contributed by atoms with Crippen LogP contribution < -0.4 is 0 Å². The van der Waals surface area contributed by atoms with E-state index >= 15 is 0 Å². The van der Waals surface area contributed by atoms with Crippen LogP contribution in [0.1, 0.15) is 77.0 Å². The van der Waals surface area contributed by atoms with Crippen molar-refractivity contribution in [3.05, 3.63) is 167 Å². The van der Waals surface area contributed by atoms with Gasteiger partial charge in [-0.25, -0.2) is 4.68 Å². The fourth-order valence-corrected chi connectivity index (χ4v) is 7.73. The van der Waals surface area contributed by atoms with Gasteiger partial charge in [-0.05, 0) is 29.2 Å². The highest BCUT2D eigenvalue weighted by atomic mass is 16.7. The molecule has 0 aliphatic carbocycles. The standard InChI is InChI=1S/C53H60N6O14/c1-35(59-54-25-43(56-59)31-67-52-51(72-38(4)62)48(71-37(3)61)46(34-69-52)70-36(2)60)58-26-44(55-57-58)32-68-53-50(66-30-42-23-15-8-16-24-42)49(65-29-41-21-13-7-14-22-41)47(64-28-40-19-11-6-12-20-40)45(73-53)33-63-27-39-17-9-5-10-18-39/h5-26,35,45-53H,27-34H2,1-4H3/t35?,45-,46-,47-,48+,49+,50+,51-,52?,53?/m1/s1/i2D,3D,4D,27D,28D,29D,30D/t27?,28?,29?,30?,35?,45-,46-,47-,48+,49+,50+,51-,52?,53?. The van der Waals surface area contributed by atoms with Crippen molar-refractivity contribution >= 4 is 17.9 Å². The highest BCUT2D eigenvalue weighted by Gasteiger charge is 2.50. The summed E-state index contributed by atoms with van der Waals surface area (Å²) in [5.41, 5.74) is 2.63. The van der Waals surface area contributed by atoms with Gasteiger partial charge in [-0.2, -0.15) is 15.0 Å². The zero-order chi connectivity index (χ0) is 56.5. The zero-order valence-corrected chi connectivity index (χ0v) is 39.6. The summed E-state index contributed by atoms with van der Waals surface area (Å²) in [4.78, 5) is 38.0. The third-order valence-electron chi connectivity index (χ3n) is 11.2. The molecule has 8 rings (SSSR count). The molecule has 6 aromatic rings. The van der Waals surface area contributed by atoms with Gasteiger partial charge >= 0.3 is 17.9 Å². The van der Waals surface area contributed by atoms with E-state index in [-0.39, 0.29) is 25.5 Å². The summed E-state index contributed by atoms with van der Waals surface area (Å²) < 4.78 is 127. The Kier molecular flexibility index (Phi) is 15.8. The predicted molar refractivity (Wildman–Crippen MR) is 256 cm³/mol. The summed E-state index contributed by atoms with van der Waals surface area (Å²) >= 11 is 0. The Morgan fingerprint density at radius 2 is 1.15 bits per heavy atom. The van der Waals surface area contributed by atoms with Crippen LogP contribution in [0.4, 0.5) is 0 Å². The smallest absolute Gasteiger partial charge is 0.303 e. The van der Waals surface area contributed by atoms with Crippen LogP contribution >= 0.6 is 0 Å². The molecule has 0 spiro atoms. The molecular weight excluding hydrogens is 945 g/mol. The minimum Gasteiger partial charge on any atom is -0.456 e. The third-order valence-corrected chi connectivity index (χ3v) is 11.2. The molecule has 4 heterocycles. The van der Waals surface area contributed by atoms with E-state index < -0.39 is 133 Å². The topological polar surface area (TPSA) is 214 Å². The maximum absolute atomic E-state index is 12.4. The number of carbonyl (C=O) groups excluding carboxylic acids is 3. The number of nitrogens with zero attached hydrogens (tertiary/aromatic N) is 6. The summed E-state index contributed by atoms with van der Waals surface area (Å²) in [5, 5.41) is 17.5. The van der Waals surface area contributed by atoms with E-state index in [4.69, 9.17) is 57.6 Å². The average molecular weight is 1010 g/mol. The maximum atomic E-state index is 12.4. The second kappa shape index (κ2) is 26.3. The van der Waals surface area contributed by atoms with Crippen molar-refractivity contribution < 1.29 is 76.1 Å². The molecule has 2 saturated heterocycles. The Labute approximate surface area is 432 Å². The molecule has 20 heteroatoms. The van der Waals surface area contributed by atoms with Crippen molar-refractivity contribution in [2.24, 2.45) is 0 Å². The number of carbonyl (C=O) groups is 3. The van der Waals surface area contributed by atoms with Crippen molar-refractivity contribution in [2.45, 2.75) is 129 Å². The van der Waals surface area contributed by atoms with Crippen LogP contribution in [0.5, 0.6) is 0 Å². The average Bonchev–Trinajstić information content (AvgIpc) is 4.21. The van der Waals surface area contributed by atoms with Gasteiger partial charge < -0.3 is 52.1 Å². The molecular formula is C53H60N6O14. The largest absolute Gasteiger partial charge is 0.456 e. The van der Waals surface area contributed by atoms with Gasteiger partial charge in [0.1, 0.15) is 35.8 Å². The summed E-state index contributed by atoms with van der Waals surface area (Å²) in [6.45, 7) is -6.99. The zero-order valence-electron chi connectivity index (χ0n) is 46.6. The number of ether oxygens (including phenoxy) is 11. The molecule has 2 aromatic heterocycles. The summed E-state index contributed by atoms with van der Waals surface area (Å²) in [6, 6.07) is 35.4. The number of rotatable bonds is 24. The lowest BCUT2D eigenvalue weighted by molar-refractivity contribution is -0.331. The van der Waals surface area contributed by atoms with Gasteiger partial charge in [0, 0.05) is 24.8 Å². The molecule has 73 heavy (non-hydrogen) atoms. The molecule has 7 unspecified atom stereocenters. The quantitative estimate of drug-likeness (QED) is 0.0516. The normalized spacial score (nSPS) is 26.4. The lowest BCUT2D eigenvalue weighted by Gasteiger charge is -2.45. The van der Waals surface area contributed by atoms with Gasteiger partial charge in [0.2, 0.25) is 0 Å². The molecule has 4 aromatic carbocycles. The van der Waals surface area contributed by atoms with Crippen molar-refractivity contribution in [1.29, 1.82) is 0 Å². The first kappa shape index (κ1) is 43.8. The summed E-state index contributed by atoms with van der Waals surface area (Å²) in [5.74, 6) is -3.05. The molecule has 0 bridgehead atoms. The first-order valence-electron chi connectivity index (χ1n) is 27.5. The van der Waals surface area contributed by atoms with Crippen molar-refractivity contribution in [1.82, 2.24) is 30.0 Å². The highest BCUT2D eigenvalue weighted by Crippen LogP contribution is 2.33. The van der Waals surface area contributed by atoms with Crippen LogP contribution in [0.2, 0.25) is 0 Å². The monoisotopic (exact) mass is 1010 g/mol. The molecule has 386 valence electrons. The van der Waals surface area contributed by atoms with Crippen LogP contribution in [0.25, 0.3) is 0 Å². The Morgan fingerprint density at radius 3 is 1.75 bits per heavy atom. The third kappa shape index (κ3) is 15.2. The minimum absolute atomic E-state index is 0.252. The van der Waals surface area contributed by atoms with E-state index in [1.54, 1.807) is 110 Å². The van der Waals surface area contributed by atoms with E-state index in [0.717, 1.165) is 0 Å². The molecule has 0 radical (unpaired) electrons. The van der Waals surface area contributed by atoms with Crippen LogP contribution in [0, 0.1) is 0 Å². The number of hydrogen-bond donors (Lipinski definition) is 0. The molecule has 0 amide bonds. The first-order valence-corrected chi connectivity index (χ1v) is 23.1. The van der Waals surface area contributed by atoms with Gasteiger partial charge in [-0.15, -0.1) is 5.10 Å². The predicted octanol–water partition coefficient (Wildman–Crippen LogP) is 5.82. The minimum atomic E-state index is -1.55. The van der Waals surface area contributed by atoms with Crippen LogP contribution in [-0.4, -0.2) is 116 Å².